The number of benzene rings is 1. The van der Waals surface area contributed by atoms with Crippen molar-refractivity contribution < 1.29 is 14.0 Å². The first kappa shape index (κ1) is 21.6. The van der Waals surface area contributed by atoms with Gasteiger partial charge in [-0.05, 0) is 62.9 Å². The Kier molecular flexibility index (Phi) is 7.31. The van der Waals surface area contributed by atoms with Crippen LogP contribution in [0.4, 0.5) is 4.39 Å². The second-order valence-corrected chi connectivity index (χ2v) is 9.85. The maximum Gasteiger partial charge on any atom is 0.255 e. The van der Waals surface area contributed by atoms with Crippen LogP contribution >= 0.6 is 11.8 Å². The highest BCUT2D eigenvalue weighted by atomic mass is 32.2. The fraction of sp³-hybridized carbons (Fsp3) is 0.652. The molecule has 7 heteroatoms. The van der Waals surface area contributed by atoms with Crippen molar-refractivity contribution >= 4 is 23.6 Å². The van der Waals surface area contributed by atoms with E-state index in [-0.39, 0.29) is 17.2 Å². The number of hydrogen-bond donors (Lipinski definition) is 1. The topological polar surface area (TPSA) is 52.7 Å². The third-order valence-electron chi connectivity index (χ3n) is 6.62. The molecule has 3 aliphatic rings. The maximum atomic E-state index is 13.8. The Morgan fingerprint density at radius 2 is 1.87 bits per heavy atom. The summed E-state index contributed by atoms with van der Waals surface area (Å²) in [5.41, 5.74) is 0.327. The summed E-state index contributed by atoms with van der Waals surface area (Å²) < 4.78 is 13.8. The lowest BCUT2D eigenvalue weighted by molar-refractivity contribution is -0.125. The Morgan fingerprint density at radius 1 is 1.10 bits per heavy atom. The number of rotatable bonds is 6. The van der Waals surface area contributed by atoms with E-state index in [2.05, 4.69) is 10.2 Å². The molecule has 0 radical (unpaired) electrons. The zero-order valence-electron chi connectivity index (χ0n) is 17.5. The minimum Gasteiger partial charge on any atom is -0.353 e. The molecule has 0 unspecified atom stereocenters. The fourth-order valence-corrected chi connectivity index (χ4v) is 6.64. The van der Waals surface area contributed by atoms with Gasteiger partial charge in [-0.3, -0.25) is 9.59 Å². The molecular weight excluding hydrogens is 401 g/mol. The molecule has 2 aliphatic heterocycles. The Hall–Kier alpha value is -1.60. The molecule has 0 aromatic heterocycles. The Bertz CT molecular complexity index is 750. The fourth-order valence-electron chi connectivity index (χ4n) is 5.00. The number of likely N-dealkylation sites (tertiary alicyclic amines) is 1. The van der Waals surface area contributed by atoms with Crippen LogP contribution in [0.15, 0.2) is 24.3 Å². The number of hydrogen-bond acceptors (Lipinski definition) is 4. The first-order valence-electron chi connectivity index (χ1n) is 11.3. The molecule has 0 spiro atoms. The highest BCUT2D eigenvalue weighted by molar-refractivity contribution is 8.00. The predicted octanol–water partition coefficient (Wildman–Crippen LogP) is 3.50. The normalized spacial score (nSPS) is 25.6. The molecule has 3 fully saturated rings. The molecule has 5 nitrogen and oxygen atoms in total. The van der Waals surface area contributed by atoms with Crippen molar-refractivity contribution in [3.05, 3.63) is 35.6 Å². The third kappa shape index (κ3) is 4.99. The van der Waals surface area contributed by atoms with Crippen LogP contribution in [0.5, 0.6) is 0 Å². The third-order valence-corrected chi connectivity index (χ3v) is 8.08. The summed E-state index contributed by atoms with van der Waals surface area (Å²) in [5.74, 6) is 0.286. The van der Waals surface area contributed by atoms with E-state index in [1.165, 1.54) is 44.2 Å². The van der Waals surface area contributed by atoms with Gasteiger partial charge in [0, 0.05) is 24.4 Å². The van der Waals surface area contributed by atoms with E-state index in [0.29, 0.717) is 23.8 Å². The predicted molar refractivity (Wildman–Crippen MR) is 118 cm³/mol. The van der Waals surface area contributed by atoms with Gasteiger partial charge in [0.1, 0.15) is 11.9 Å². The van der Waals surface area contributed by atoms with Gasteiger partial charge in [-0.1, -0.05) is 25.3 Å². The standard InChI is InChI=1S/C23H32FN3O2S/c24-19-10-6-9-18(15-19)22(29)27-20(16-30-23(27)17-7-2-1-3-8-17)21(28)25-11-14-26-12-4-5-13-26/h6,9-10,15,17,20,23H,1-5,7-8,11-14,16H2,(H,25,28)/t20-,23-/m1/s1. The van der Waals surface area contributed by atoms with Crippen molar-refractivity contribution in [2.75, 3.05) is 31.9 Å². The van der Waals surface area contributed by atoms with Crippen molar-refractivity contribution in [3.8, 4) is 0 Å². The molecule has 2 amide bonds. The number of nitrogens with one attached hydrogen (secondary N) is 1. The molecule has 164 valence electrons. The molecule has 2 atom stereocenters. The largest absolute Gasteiger partial charge is 0.353 e. The van der Waals surface area contributed by atoms with Crippen LogP contribution < -0.4 is 5.32 Å². The second-order valence-electron chi connectivity index (χ2n) is 8.70. The number of carbonyl (C=O) groups is 2. The van der Waals surface area contributed by atoms with E-state index in [4.69, 9.17) is 0 Å². The van der Waals surface area contributed by atoms with Gasteiger partial charge in [0.25, 0.3) is 5.91 Å². The van der Waals surface area contributed by atoms with Crippen LogP contribution in [0.3, 0.4) is 0 Å². The molecule has 1 N–H and O–H groups in total. The Morgan fingerprint density at radius 3 is 2.60 bits per heavy atom. The lowest BCUT2D eigenvalue weighted by atomic mass is 9.88. The highest BCUT2D eigenvalue weighted by Gasteiger charge is 2.45. The van der Waals surface area contributed by atoms with Crippen molar-refractivity contribution in [3.63, 3.8) is 0 Å². The highest BCUT2D eigenvalue weighted by Crippen LogP contribution is 2.41. The first-order valence-corrected chi connectivity index (χ1v) is 12.4. The maximum absolute atomic E-state index is 13.8. The lowest BCUT2D eigenvalue weighted by Gasteiger charge is -2.35. The molecule has 4 rings (SSSR count). The average Bonchev–Trinajstić information content (AvgIpc) is 3.44. The summed E-state index contributed by atoms with van der Waals surface area (Å²) >= 11 is 1.72. The van der Waals surface area contributed by atoms with E-state index in [0.717, 1.165) is 32.5 Å². The van der Waals surface area contributed by atoms with Crippen LogP contribution in [0.2, 0.25) is 0 Å². The number of thioether (sulfide) groups is 1. The molecule has 2 heterocycles. The Labute approximate surface area is 182 Å². The van der Waals surface area contributed by atoms with Gasteiger partial charge in [-0.2, -0.15) is 0 Å². The van der Waals surface area contributed by atoms with Gasteiger partial charge in [-0.25, -0.2) is 4.39 Å². The zero-order valence-corrected chi connectivity index (χ0v) is 18.3. The quantitative estimate of drug-likeness (QED) is 0.746. The molecular formula is C23H32FN3O2S. The molecule has 0 bridgehead atoms. The van der Waals surface area contributed by atoms with Crippen LogP contribution in [0.1, 0.15) is 55.3 Å². The summed E-state index contributed by atoms with van der Waals surface area (Å²) in [5, 5.41) is 3.06. The number of halogens is 1. The van der Waals surface area contributed by atoms with Crippen LogP contribution in [0.25, 0.3) is 0 Å². The van der Waals surface area contributed by atoms with Gasteiger partial charge in [0.2, 0.25) is 5.91 Å². The van der Waals surface area contributed by atoms with Crippen molar-refractivity contribution in [1.29, 1.82) is 0 Å². The summed E-state index contributed by atoms with van der Waals surface area (Å²) in [4.78, 5) is 30.6. The van der Waals surface area contributed by atoms with Crippen molar-refractivity contribution in [1.82, 2.24) is 15.1 Å². The van der Waals surface area contributed by atoms with Crippen molar-refractivity contribution in [2.45, 2.75) is 56.4 Å². The zero-order chi connectivity index (χ0) is 20.9. The van der Waals surface area contributed by atoms with Gasteiger partial charge >= 0.3 is 0 Å². The summed E-state index contributed by atoms with van der Waals surface area (Å²) in [6.45, 7) is 3.66. The van der Waals surface area contributed by atoms with Crippen LogP contribution in [0, 0.1) is 11.7 Å². The van der Waals surface area contributed by atoms with E-state index < -0.39 is 11.9 Å². The SMILES string of the molecule is O=C(NCCN1CCCC1)[C@H]1CS[C@H](C2CCCCC2)N1C(=O)c1cccc(F)c1. The molecule has 1 aromatic carbocycles. The van der Waals surface area contributed by atoms with Gasteiger partial charge in [-0.15, -0.1) is 11.8 Å². The summed E-state index contributed by atoms with van der Waals surface area (Å²) in [7, 11) is 0. The van der Waals surface area contributed by atoms with Gasteiger partial charge < -0.3 is 15.1 Å². The molecule has 2 saturated heterocycles. The minimum atomic E-state index is -0.490. The minimum absolute atomic E-state index is 0.00426. The summed E-state index contributed by atoms with van der Waals surface area (Å²) in [6, 6.07) is 5.35. The van der Waals surface area contributed by atoms with Gasteiger partial charge in [0.15, 0.2) is 0 Å². The first-order chi connectivity index (χ1) is 14.6. The molecule has 30 heavy (non-hydrogen) atoms. The average molecular weight is 434 g/mol. The Balaban J connectivity index is 1.47. The molecule has 1 aromatic rings. The smallest absolute Gasteiger partial charge is 0.255 e. The van der Waals surface area contributed by atoms with E-state index in [1.807, 2.05) is 0 Å². The lowest BCUT2D eigenvalue weighted by Crippen LogP contribution is -2.52. The monoisotopic (exact) mass is 433 g/mol. The number of carbonyl (C=O) groups excluding carboxylic acids is 2. The number of amides is 2. The van der Waals surface area contributed by atoms with Crippen LogP contribution in [-0.4, -0.2) is 65.0 Å². The van der Waals surface area contributed by atoms with E-state index in [9.17, 15) is 14.0 Å². The van der Waals surface area contributed by atoms with E-state index in [1.54, 1.807) is 28.8 Å². The number of nitrogens with zero attached hydrogens (tertiary/aromatic N) is 2. The molecule has 1 aliphatic carbocycles. The molecule has 1 saturated carbocycles. The van der Waals surface area contributed by atoms with Crippen LogP contribution in [-0.2, 0) is 4.79 Å². The van der Waals surface area contributed by atoms with Gasteiger partial charge in [0.05, 0.1) is 5.37 Å². The summed E-state index contributed by atoms with van der Waals surface area (Å²) in [6.07, 6.45) is 8.24. The van der Waals surface area contributed by atoms with E-state index >= 15 is 0 Å². The van der Waals surface area contributed by atoms with Crippen molar-refractivity contribution in [2.24, 2.45) is 5.92 Å². The second kappa shape index (κ2) is 10.1.